The highest BCUT2D eigenvalue weighted by molar-refractivity contribution is 6.04. The van der Waals surface area contributed by atoms with Gasteiger partial charge >= 0.3 is 5.97 Å². The number of hydrogen-bond donors (Lipinski definition) is 1. The van der Waals surface area contributed by atoms with Gasteiger partial charge in [0.05, 0.1) is 0 Å². The summed E-state index contributed by atoms with van der Waals surface area (Å²) in [5, 5.41) is 4.03. The Labute approximate surface area is 132 Å². The van der Waals surface area contributed by atoms with Crippen LogP contribution >= 0.6 is 0 Å². The highest BCUT2D eigenvalue weighted by Crippen LogP contribution is 2.32. The number of fused-ring (bicyclic) bond motifs is 3. The summed E-state index contributed by atoms with van der Waals surface area (Å²) in [5.41, 5.74) is 1.82. The molecule has 1 aromatic carbocycles. The lowest BCUT2D eigenvalue weighted by Gasteiger charge is -2.09. The Hall–Kier alpha value is -2.47. The molecule has 0 radical (unpaired) electrons. The Morgan fingerprint density at radius 1 is 1.39 bits per heavy atom. The molecule has 0 bridgehead atoms. The van der Waals surface area contributed by atoms with Crippen LogP contribution in [0.2, 0.25) is 0 Å². The highest BCUT2D eigenvalue weighted by Gasteiger charge is 2.26. The summed E-state index contributed by atoms with van der Waals surface area (Å²) < 4.78 is 11.4. The molecule has 0 saturated carbocycles. The molecule has 23 heavy (non-hydrogen) atoms. The monoisotopic (exact) mass is 311 g/mol. The minimum Gasteiger partial charge on any atom is -0.449 e. The molecule has 1 aliphatic heterocycles. The average Bonchev–Trinajstić information content (AvgIpc) is 3.22. The van der Waals surface area contributed by atoms with Gasteiger partial charge in [0.15, 0.2) is 0 Å². The fourth-order valence-electron chi connectivity index (χ4n) is 2.89. The van der Waals surface area contributed by atoms with Crippen LogP contribution in [0.1, 0.15) is 25.6 Å². The van der Waals surface area contributed by atoms with E-state index < -0.39 is 0 Å². The second kappa shape index (κ2) is 5.62. The average molecular weight is 311 g/mol. The van der Waals surface area contributed by atoms with Crippen LogP contribution in [-0.4, -0.2) is 28.5 Å². The van der Waals surface area contributed by atoms with Crippen LogP contribution in [0.5, 0.6) is 5.88 Å². The number of nitrogens with zero attached hydrogens (tertiary/aromatic N) is 2. The molecule has 3 aromatic rings. The number of para-hydroxylation sites is 1. The van der Waals surface area contributed by atoms with Crippen molar-refractivity contribution in [3.63, 3.8) is 0 Å². The number of rotatable bonds is 3. The minimum absolute atomic E-state index is 0.210. The summed E-state index contributed by atoms with van der Waals surface area (Å²) in [5.74, 6) is 0.526. The molecule has 0 unspecified atom stereocenters. The molecule has 118 valence electrons. The SMILES string of the molecule is CCc1nc(OC(=O)[C@@H]2CCCN2)c2oc3ccccc3c2n1. The molecule has 3 heterocycles. The number of furan rings is 1. The van der Waals surface area contributed by atoms with Crippen molar-refractivity contribution >= 4 is 28.0 Å². The van der Waals surface area contributed by atoms with Crippen molar-refractivity contribution in [3.05, 3.63) is 30.1 Å². The van der Waals surface area contributed by atoms with Crippen LogP contribution in [0.15, 0.2) is 28.7 Å². The second-order valence-electron chi connectivity index (χ2n) is 5.64. The lowest BCUT2D eigenvalue weighted by molar-refractivity contribution is -0.136. The first-order chi connectivity index (χ1) is 11.3. The fourth-order valence-corrected chi connectivity index (χ4v) is 2.89. The third-order valence-corrected chi connectivity index (χ3v) is 4.09. The molecule has 4 rings (SSSR count). The number of nitrogens with one attached hydrogen (secondary N) is 1. The van der Waals surface area contributed by atoms with Gasteiger partial charge in [-0.15, -0.1) is 0 Å². The van der Waals surface area contributed by atoms with Crippen molar-refractivity contribution in [2.45, 2.75) is 32.2 Å². The lowest BCUT2D eigenvalue weighted by Crippen LogP contribution is -2.34. The maximum atomic E-state index is 12.3. The zero-order chi connectivity index (χ0) is 15.8. The smallest absolute Gasteiger partial charge is 0.329 e. The van der Waals surface area contributed by atoms with Gasteiger partial charge in [0.1, 0.15) is 23.0 Å². The predicted molar refractivity (Wildman–Crippen MR) is 85.3 cm³/mol. The van der Waals surface area contributed by atoms with E-state index in [1.54, 1.807) is 0 Å². The molecule has 1 fully saturated rings. The number of carbonyl (C=O) groups is 1. The molecule has 1 aliphatic rings. The number of aromatic nitrogens is 2. The highest BCUT2D eigenvalue weighted by atomic mass is 16.5. The van der Waals surface area contributed by atoms with Crippen molar-refractivity contribution in [1.82, 2.24) is 15.3 Å². The Bertz CT molecular complexity index is 881. The third-order valence-electron chi connectivity index (χ3n) is 4.09. The largest absolute Gasteiger partial charge is 0.449 e. The Morgan fingerprint density at radius 3 is 3.04 bits per heavy atom. The van der Waals surface area contributed by atoms with Crippen molar-refractivity contribution in [1.29, 1.82) is 0 Å². The number of esters is 1. The van der Waals surface area contributed by atoms with E-state index in [1.807, 2.05) is 31.2 Å². The normalized spacial score (nSPS) is 17.9. The first kappa shape index (κ1) is 14.1. The lowest BCUT2D eigenvalue weighted by atomic mass is 10.2. The third kappa shape index (κ3) is 2.45. The number of benzene rings is 1. The molecule has 2 aromatic heterocycles. The van der Waals surface area contributed by atoms with Crippen LogP contribution in [0, 0.1) is 0 Å². The summed E-state index contributed by atoms with van der Waals surface area (Å²) in [7, 11) is 0. The molecule has 0 spiro atoms. The van der Waals surface area contributed by atoms with Crippen molar-refractivity contribution in [2.24, 2.45) is 0 Å². The molecular weight excluding hydrogens is 294 g/mol. The molecule has 1 saturated heterocycles. The Balaban J connectivity index is 1.82. The van der Waals surface area contributed by atoms with E-state index in [4.69, 9.17) is 9.15 Å². The topological polar surface area (TPSA) is 77.2 Å². The van der Waals surface area contributed by atoms with E-state index in [9.17, 15) is 4.79 Å². The van der Waals surface area contributed by atoms with Gasteiger partial charge in [0, 0.05) is 11.8 Å². The Kier molecular flexibility index (Phi) is 3.46. The van der Waals surface area contributed by atoms with Gasteiger partial charge in [-0.3, -0.25) is 0 Å². The zero-order valence-corrected chi connectivity index (χ0v) is 12.8. The molecule has 1 N–H and O–H groups in total. The fraction of sp³-hybridized carbons (Fsp3) is 0.353. The van der Waals surface area contributed by atoms with E-state index in [1.165, 1.54) is 0 Å². The van der Waals surface area contributed by atoms with E-state index in [2.05, 4.69) is 15.3 Å². The summed E-state index contributed by atoms with van der Waals surface area (Å²) >= 11 is 0. The summed E-state index contributed by atoms with van der Waals surface area (Å²) in [6.45, 7) is 2.80. The molecule has 0 amide bonds. The quantitative estimate of drug-likeness (QED) is 0.749. The number of carbonyl (C=O) groups excluding carboxylic acids is 1. The predicted octanol–water partition coefficient (Wildman–Crippen LogP) is 2.60. The van der Waals surface area contributed by atoms with E-state index >= 15 is 0 Å². The van der Waals surface area contributed by atoms with E-state index in [0.29, 0.717) is 28.9 Å². The molecule has 1 atom stereocenters. The molecular formula is C17H17N3O3. The van der Waals surface area contributed by atoms with Gasteiger partial charge in [-0.1, -0.05) is 19.1 Å². The van der Waals surface area contributed by atoms with Gasteiger partial charge in [0.25, 0.3) is 5.88 Å². The van der Waals surface area contributed by atoms with Crippen LogP contribution < -0.4 is 10.1 Å². The summed E-state index contributed by atoms with van der Waals surface area (Å²) in [6.07, 6.45) is 2.42. The standard InChI is InChI=1S/C17H17N3O3/c1-2-13-19-14-10-6-3-4-8-12(10)22-15(14)16(20-13)23-17(21)11-7-5-9-18-11/h3-4,6,8,11,18H,2,5,7,9H2,1H3/t11-/m0/s1. The first-order valence-electron chi connectivity index (χ1n) is 7.89. The van der Waals surface area contributed by atoms with Gasteiger partial charge < -0.3 is 14.5 Å². The Morgan fingerprint density at radius 2 is 2.26 bits per heavy atom. The van der Waals surface area contributed by atoms with Crippen molar-refractivity contribution in [2.75, 3.05) is 6.54 Å². The zero-order valence-electron chi connectivity index (χ0n) is 12.8. The van der Waals surface area contributed by atoms with Gasteiger partial charge in [-0.2, -0.15) is 4.98 Å². The second-order valence-corrected chi connectivity index (χ2v) is 5.64. The van der Waals surface area contributed by atoms with Crippen LogP contribution in [-0.2, 0) is 11.2 Å². The van der Waals surface area contributed by atoms with E-state index in [0.717, 1.165) is 24.8 Å². The molecule has 6 nitrogen and oxygen atoms in total. The van der Waals surface area contributed by atoms with Gasteiger partial charge in [0.2, 0.25) is 5.58 Å². The van der Waals surface area contributed by atoms with Crippen molar-refractivity contribution in [3.8, 4) is 5.88 Å². The maximum absolute atomic E-state index is 12.3. The molecule has 6 heteroatoms. The first-order valence-corrected chi connectivity index (χ1v) is 7.89. The van der Waals surface area contributed by atoms with E-state index in [-0.39, 0.29) is 17.9 Å². The van der Waals surface area contributed by atoms with Crippen molar-refractivity contribution < 1.29 is 13.9 Å². The maximum Gasteiger partial charge on any atom is 0.329 e. The van der Waals surface area contributed by atoms with Gasteiger partial charge in [-0.25, -0.2) is 9.78 Å². The molecule has 0 aliphatic carbocycles. The van der Waals surface area contributed by atoms with Gasteiger partial charge in [-0.05, 0) is 31.5 Å². The van der Waals surface area contributed by atoms with Crippen LogP contribution in [0.25, 0.3) is 22.1 Å². The minimum atomic E-state index is -0.315. The number of aryl methyl sites for hydroxylation is 1. The van der Waals surface area contributed by atoms with Crippen LogP contribution in [0.4, 0.5) is 0 Å². The number of ether oxygens (including phenoxy) is 1. The van der Waals surface area contributed by atoms with Crippen LogP contribution in [0.3, 0.4) is 0 Å². The summed E-state index contributed by atoms with van der Waals surface area (Å²) in [4.78, 5) is 21.2. The number of hydrogen-bond acceptors (Lipinski definition) is 6. The summed E-state index contributed by atoms with van der Waals surface area (Å²) in [6, 6.07) is 7.37.